The summed E-state index contributed by atoms with van der Waals surface area (Å²) in [4.78, 5) is 32.5. The van der Waals surface area contributed by atoms with Crippen LogP contribution in [0.3, 0.4) is 0 Å². The second-order valence-electron chi connectivity index (χ2n) is 10.3. The molecule has 0 radical (unpaired) electrons. The molecule has 0 amide bonds. The number of Topliss-reactive ketones (excluding diaryl/α,β-unsaturated/α-hetero) is 1. The fourth-order valence-corrected chi connectivity index (χ4v) is 6.16. The Hall–Kier alpha value is -3.41. The number of nitrogens with zero attached hydrogens (tertiary/aromatic N) is 1. The molecule has 6 nitrogen and oxygen atoms in total. The van der Waals surface area contributed by atoms with Crippen LogP contribution in [0.5, 0.6) is 11.5 Å². The van der Waals surface area contributed by atoms with E-state index in [1.54, 1.807) is 20.3 Å². The highest BCUT2D eigenvalue weighted by atomic mass is 16.5. The Morgan fingerprint density at radius 1 is 0.946 bits per heavy atom. The number of ketones is 1. The lowest BCUT2D eigenvalue weighted by Gasteiger charge is -2.37. The summed E-state index contributed by atoms with van der Waals surface area (Å²) in [6.07, 6.45) is 6.05. The topological polar surface area (TPSA) is 74.2 Å². The van der Waals surface area contributed by atoms with E-state index in [1.165, 1.54) is 6.42 Å². The van der Waals surface area contributed by atoms with Crippen molar-refractivity contribution in [3.05, 3.63) is 70.9 Å². The number of rotatable bonds is 6. The molecule has 194 valence electrons. The van der Waals surface area contributed by atoms with Crippen LogP contribution in [0.2, 0.25) is 0 Å². The second kappa shape index (κ2) is 10.9. The van der Waals surface area contributed by atoms with Crippen molar-refractivity contribution in [3.8, 4) is 11.5 Å². The summed E-state index contributed by atoms with van der Waals surface area (Å²) >= 11 is 0. The molecule has 0 aromatic heterocycles. The van der Waals surface area contributed by atoms with Gasteiger partial charge in [0.05, 0.1) is 14.2 Å². The molecule has 3 atom stereocenters. The van der Waals surface area contributed by atoms with Crippen molar-refractivity contribution in [3.63, 3.8) is 0 Å². The molecular formula is C31H35NO5. The second-order valence-corrected chi connectivity index (χ2v) is 10.3. The van der Waals surface area contributed by atoms with Gasteiger partial charge < -0.3 is 14.2 Å². The van der Waals surface area contributed by atoms with E-state index in [0.717, 1.165) is 42.5 Å². The monoisotopic (exact) mass is 501 g/mol. The van der Waals surface area contributed by atoms with Crippen molar-refractivity contribution in [2.24, 2.45) is 10.9 Å². The Balaban J connectivity index is 1.57. The Labute approximate surface area is 218 Å². The van der Waals surface area contributed by atoms with Gasteiger partial charge in [0, 0.05) is 41.0 Å². The van der Waals surface area contributed by atoms with Gasteiger partial charge in [-0.3, -0.25) is 14.6 Å². The fourth-order valence-electron chi connectivity index (χ4n) is 6.16. The molecule has 0 N–H and O–H groups in total. The lowest BCUT2D eigenvalue weighted by atomic mass is 9.69. The average Bonchev–Trinajstić information content (AvgIpc) is 2.92. The zero-order chi connectivity index (χ0) is 25.9. The Morgan fingerprint density at radius 3 is 2.41 bits per heavy atom. The van der Waals surface area contributed by atoms with Gasteiger partial charge in [0.25, 0.3) is 0 Å². The van der Waals surface area contributed by atoms with Crippen LogP contribution >= 0.6 is 0 Å². The highest BCUT2D eigenvalue weighted by Crippen LogP contribution is 2.49. The number of hydrogen-bond acceptors (Lipinski definition) is 6. The lowest BCUT2D eigenvalue weighted by molar-refractivity contribution is -0.153. The van der Waals surface area contributed by atoms with Crippen molar-refractivity contribution >= 4 is 17.5 Å². The Kier molecular flexibility index (Phi) is 7.45. The fraction of sp³-hybridized carbons (Fsp3) is 0.452. The SMILES string of the molecule is COc1ccc([C@H]2C3=C(C[C@@H](c4ccccc4)CC3=O)N=C(C)C2C(=O)OC2CCCCC2)c(OC)c1. The summed E-state index contributed by atoms with van der Waals surface area (Å²) in [5.41, 5.74) is 3.98. The lowest BCUT2D eigenvalue weighted by Crippen LogP contribution is -2.39. The van der Waals surface area contributed by atoms with E-state index < -0.39 is 11.8 Å². The van der Waals surface area contributed by atoms with E-state index in [4.69, 9.17) is 19.2 Å². The Bertz CT molecular complexity index is 1230. The van der Waals surface area contributed by atoms with Crippen molar-refractivity contribution in [1.29, 1.82) is 0 Å². The third kappa shape index (κ3) is 5.07. The van der Waals surface area contributed by atoms with E-state index in [0.29, 0.717) is 35.6 Å². The molecular weight excluding hydrogens is 466 g/mol. The maximum atomic E-state index is 13.8. The number of methoxy groups -OCH3 is 2. The predicted molar refractivity (Wildman–Crippen MR) is 142 cm³/mol. The van der Waals surface area contributed by atoms with Crippen LogP contribution in [0.25, 0.3) is 0 Å². The van der Waals surface area contributed by atoms with Gasteiger partial charge in [0.2, 0.25) is 0 Å². The van der Waals surface area contributed by atoms with Crippen molar-refractivity contribution in [1.82, 2.24) is 0 Å². The van der Waals surface area contributed by atoms with E-state index in [1.807, 2.05) is 37.3 Å². The quantitative estimate of drug-likeness (QED) is 0.444. The zero-order valence-corrected chi connectivity index (χ0v) is 21.9. The first-order valence-electron chi connectivity index (χ1n) is 13.3. The van der Waals surface area contributed by atoms with Crippen molar-refractivity contribution < 1.29 is 23.8 Å². The number of hydrogen-bond donors (Lipinski definition) is 0. The number of esters is 1. The molecule has 6 heteroatoms. The van der Waals surface area contributed by atoms with Crippen molar-refractivity contribution in [2.45, 2.75) is 69.8 Å². The average molecular weight is 502 g/mol. The molecule has 0 bridgehead atoms. The normalized spacial score (nSPS) is 24.2. The van der Waals surface area contributed by atoms with Gasteiger partial charge in [-0.25, -0.2) is 0 Å². The number of ether oxygens (including phenoxy) is 3. The Morgan fingerprint density at radius 2 is 1.70 bits per heavy atom. The number of carbonyl (C=O) groups is 2. The molecule has 1 heterocycles. The summed E-state index contributed by atoms with van der Waals surface area (Å²) in [7, 11) is 3.20. The van der Waals surface area contributed by atoms with Crippen LogP contribution in [0, 0.1) is 5.92 Å². The molecule has 2 aliphatic carbocycles. The smallest absolute Gasteiger partial charge is 0.315 e. The van der Waals surface area contributed by atoms with E-state index in [2.05, 4.69) is 12.1 Å². The molecule has 1 unspecified atom stereocenters. The molecule has 1 saturated carbocycles. The minimum Gasteiger partial charge on any atom is -0.497 e. The first-order chi connectivity index (χ1) is 18.0. The van der Waals surface area contributed by atoms with Gasteiger partial charge in [-0.15, -0.1) is 0 Å². The third-order valence-corrected chi connectivity index (χ3v) is 8.02. The maximum Gasteiger partial charge on any atom is 0.315 e. The van der Waals surface area contributed by atoms with E-state index >= 15 is 0 Å². The van der Waals surface area contributed by atoms with Crippen molar-refractivity contribution in [2.75, 3.05) is 14.2 Å². The molecule has 3 aliphatic rings. The van der Waals surface area contributed by atoms with Gasteiger partial charge in [-0.05, 0) is 56.6 Å². The summed E-state index contributed by atoms with van der Waals surface area (Å²) in [6, 6.07) is 15.7. The maximum absolute atomic E-state index is 13.8. The van der Waals surface area contributed by atoms with Gasteiger partial charge in [0.15, 0.2) is 5.78 Å². The van der Waals surface area contributed by atoms with Gasteiger partial charge in [-0.1, -0.05) is 42.8 Å². The first-order valence-corrected chi connectivity index (χ1v) is 13.3. The highest BCUT2D eigenvalue weighted by Gasteiger charge is 2.46. The van der Waals surface area contributed by atoms with E-state index in [-0.39, 0.29) is 23.8 Å². The molecule has 37 heavy (non-hydrogen) atoms. The third-order valence-electron chi connectivity index (χ3n) is 8.02. The first kappa shape index (κ1) is 25.2. The summed E-state index contributed by atoms with van der Waals surface area (Å²) in [5.74, 6) is -0.178. The molecule has 5 rings (SSSR count). The van der Waals surface area contributed by atoms with Crippen LogP contribution in [0.15, 0.2) is 64.8 Å². The van der Waals surface area contributed by atoms with Gasteiger partial charge in [0.1, 0.15) is 23.5 Å². The number of benzene rings is 2. The minimum atomic E-state index is -0.680. The van der Waals surface area contributed by atoms with Crippen LogP contribution in [-0.4, -0.2) is 37.8 Å². The molecule has 2 aromatic carbocycles. The number of aliphatic imine (C=N–C) groups is 1. The zero-order valence-electron chi connectivity index (χ0n) is 21.9. The largest absolute Gasteiger partial charge is 0.497 e. The summed E-state index contributed by atoms with van der Waals surface area (Å²) in [6.45, 7) is 1.89. The number of allylic oxidation sites excluding steroid dienone is 2. The number of carbonyl (C=O) groups excluding carboxylic acids is 2. The molecule has 0 spiro atoms. The van der Waals surface area contributed by atoms with Crippen LogP contribution in [0.1, 0.15) is 74.8 Å². The molecule has 0 saturated heterocycles. The van der Waals surface area contributed by atoms with Gasteiger partial charge in [-0.2, -0.15) is 0 Å². The molecule has 1 fully saturated rings. The minimum absolute atomic E-state index is 0.0321. The molecule has 1 aliphatic heterocycles. The predicted octanol–water partition coefficient (Wildman–Crippen LogP) is 6.15. The van der Waals surface area contributed by atoms with Crippen LogP contribution < -0.4 is 9.47 Å². The summed E-state index contributed by atoms with van der Waals surface area (Å²) in [5, 5.41) is 0. The summed E-state index contributed by atoms with van der Waals surface area (Å²) < 4.78 is 17.2. The molecule has 2 aromatic rings. The highest BCUT2D eigenvalue weighted by molar-refractivity contribution is 6.09. The standard InChI is InChI=1S/C31H35NO5/c1-19-28(31(34)37-22-12-8-5-9-13-22)29(24-15-14-23(35-2)18-27(24)36-3)30-25(32-19)16-21(17-26(30)33)20-10-6-4-7-11-20/h4,6-7,10-11,14-15,18,21-22,28-29H,5,8-9,12-13,16-17H2,1-3H3/t21-,28?,29-/m1/s1. The van der Waals surface area contributed by atoms with Crippen LogP contribution in [0.4, 0.5) is 0 Å². The van der Waals surface area contributed by atoms with Crippen LogP contribution in [-0.2, 0) is 14.3 Å². The van der Waals surface area contributed by atoms with E-state index in [9.17, 15) is 9.59 Å². The van der Waals surface area contributed by atoms with Gasteiger partial charge >= 0.3 is 5.97 Å².